The molecule has 0 rings (SSSR count). The summed E-state index contributed by atoms with van der Waals surface area (Å²) in [6.07, 6.45) is 10.1. The zero-order chi connectivity index (χ0) is 14.6. The van der Waals surface area contributed by atoms with Crippen LogP contribution in [0, 0.1) is 5.92 Å². The number of unbranched alkanes of at least 4 members (excludes halogenated alkanes) is 5. The van der Waals surface area contributed by atoms with Gasteiger partial charge >= 0.3 is 0 Å². The molecule has 116 valence electrons. The Kier molecular flexibility index (Phi) is 11.6. The Balaban J connectivity index is 4.05. The Morgan fingerprint density at radius 1 is 0.842 bits per heavy atom. The van der Waals surface area contributed by atoms with Crippen molar-refractivity contribution in [1.82, 2.24) is 0 Å². The van der Waals surface area contributed by atoms with Gasteiger partial charge in [0.2, 0.25) is 0 Å². The lowest BCUT2D eigenvalue weighted by molar-refractivity contribution is -0.231. The molecule has 1 unspecified atom stereocenters. The maximum Gasteiger partial charge on any atom is 0.167 e. The highest BCUT2D eigenvalue weighted by Crippen LogP contribution is 2.30. The molecular weight excluding hydrogens is 240 g/mol. The van der Waals surface area contributed by atoms with Gasteiger partial charge in [-0.1, -0.05) is 45.4 Å². The molecule has 0 aliphatic heterocycles. The van der Waals surface area contributed by atoms with E-state index < -0.39 is 5.79 Å². The zero-order valence-corrected chi connectivity index (χ0v) is 13.7. The highest BCUT2D eigenvalue weighted by molar-refractivity contribution is 4.75. The Bertz CT molecular complexity index is 190. The third kappa shape index (κ3) is 7.91. The maximum absolute atomic E-state index is 5.56. The summed E-state index contributed by atoms with van der Waals surface area (Å²) in [4.78, 5) is 0. The normalized spacial score (nSPS) is 13.7. The molecule has 3 nitrogen and oxygen atoms in total. The van der Waals surface area contributed by atoms with Gasteiger partial charge < -0.3 is 14.2 Å². The predicted molar refractivity (Wildman–Crippen MR) is 80.4 cm³/mol. The van der Waals surface area contributed by atoms with Gasteiger partial charge in [-0.3, -0.25) is 0 Å². The van der Waals surface area contributed by atoms with Crippen LogP contribution in [0.5, 0.6) is 0 Å². The van der Waals surface area contributed by atoms with E-state index >= 15 is 0 Å². The molecule has 0 spiro atoms. The highest BCUT2D eigenvalue weighted by Gasteiger charge is 2.33. The first-order chi connectivity index (χ1) is 9.14. The Morgan fingerprint density at radius 3 is 1.95 bits per heavy atom. The smallest absolute Gasteiger partial charge is 0.167 e. The Morgan fingerprint density at radius 2 is 1.42 bits per heavy atom. The number of hydrogen-bond acceptors (Lipinski definition) is 3. The number of hydrogen-bond donors (Lipinski definition) is 0. The minimum atomic E-state index is -0.484. The summed E-state index contributed by atoms with van der Waals surface area (Å²) in [6, 6.07) is 0. The Labute approximate surface area is 120 Å². The fraction of sp³-hybridized carbons (Fsp3) is 1.00. The molecule has 0 aromatic rings. The minimum Gasteiger partial charge on any atom is -0.385 e. The molecule has 0 heterocycles. The van der Waals surface area contributed by atoms with E-state index in [2.05, 4.69) is 6.92 Å². The lowest BCUT2D eigenvalue weighted by Gasteiger charge is -2.35. The second-order valence-electron chi connectivity index (χ2n) is 5.46. The first-order valence-electron chi connectivity index (χ1n) is 7.73. The van der Waals surface area contributed by atoms with Crippen molar-refractivity contribution < 1.29 is 14.2 Å². The van der Waals surface area contributed by atoms with Gasteiger partial charge in [0.05, 0.1) is 0 Å². The second kappa shape index (κ2) is 11.7. The van der Waals surface area contributed by atoms with Crippen molar-refractivity contribution in [2.75, 3.05) is 27.9 Å². The van der Waals surface area contributed by atoms with Crippen LogP contribution in [-0.4, -0.2) is 33.7 Å². The summed E-state index contributed by atoms with van der Waals surface area (Å²) in [5, 5.41) is 0. The average molecular weight is 274 g/mol. The first kappa shape index (κ1) is 18.9. The summed E-state index contributed by atoms with van der Waals surface area (Å²) in [5.74, 6) is -0.0873. The molecule has 0 saturated carbocycles. The number of ether oxygens (including phenoxy) is 3. The molecule has 1 atom stereocenters. The van der Waals surface area contributed by atoms with Crippen LogP contribution in [0.2, 0.25) is 0 Å². The van der Waals surface area contributed by atoms with Crippen molar-refractivity contribution in [2.45, 2.75) is 71.0 Å². The van der Waals surface area contributed by atoms with Crippen LogP contribution in [0.3, 0.4) is 0 Å². The standard InChI is InChI=1S/C16H34O3/c1-6-7-8-9-10-11-12-15(13-14-17-3)16(2,18-4)19-5/h15H,6-14H2,1-5H3. The van der Waals surface area contributed by atoms with E-state index in [0.29, 0.717) is 5.92 Å². The zero-order valence-electron chi connectivity index (χ0n) is 13.7. The van der Waals surface area contributed by atoms with E-state index in [4.69, 9.17) is 14.2 Å². The molecule has 0 aromatic heterocycles. The van der Waals surface area contributed by atoms with Gasteiger partial charge in [0.25, 0.3) is 0 Å². The maximum atomic E-state index is 5.56. The SMILES string of the molecule is CCCCCCCCC(CCOC)C(C)(OC)OC. The third-order valence-electron chi connectivity index (χ3n) is 4.13. The Hall–Kier alpha value is -0.120. The van der Waals surface area contributed by atoms with Crippen molar-refractivity contribution in [2.24, 2.45) is 5.92 Å². The summed E-state index contributed by atoms with van der Waals surface area (Å²) in [6.45, 7) is 5.05. The molecule has 0 amide bonds. The van der Waals surface area contributed by atoms with Crippen LogP contribution in [0.25, 0.3) is 0 Å². The number of methoxy groups -OCH3 is 3. The summed E-state index contributed by atoms with van der Waals surface area (Å²) < 4.78 is 16.3. The molecule has 0 aliphatic carbocycles. The van der Waals surface area contributed by atoms with E-state index in [1.165, 1.54) is 38.5 Å². The van der Waals surface area contributed by atoms with Crippen molar-refractivity contribution in [3.8, 4) is 0 Å². The molecular formula is C16H34O3. The van der Waals surface area contributed by atoms with Gasteiger partial charge in [-0.05, 0) is 19.8 Å². The minimum absolute atomic E-state index is 0.397. The molecule has 3 heteroatoms. The van der Waals surface area contributed by atoms with Crippen LogP contribution >= 0.6 is 0 Å². The van der Waals surface area contributed by atoms with Crippen molar-refractivity contribution in [1.29, 1.82) is 0 Å². The lowest BCUT2D eigenvalue weighted by Crippen LogP contribution is -2.39. The van der Waals surface area contributed by atoms with E-state index in [0.717, 1.165) is 19.4 Å². The summed E-state index contributed by atoms with van der Waals surface area (Å²) in [7, 11) is 5.20. The van der Waals surface area contributed by atoms with Gasteiger partial charge in [0.1, 0.15) is 0 Å². The highest BCUT2D eigenvalue weighted by atomic mass is 16.7. The quantitative estimate of drug-likeness (QED) is 0.368. The third-order valence-corrected chi connectivity index (χ3v) is 4.13. The van der Waals surface area contributed by atoms with Crippen molar-refractivity contribution in [3.05, 3.63) is 0 Å². The van der Waals surface area contributed by atoms with Crippen LogP contribution in [0.15, 0.2) is 0 Å². The summed E-state index contributed by atoms with van der Waals surface area (Å²) >= 11 is 0. The van der Waals surface area contributed by atoms with Gasteiger partial charge in [0.15, 0.2) is 5.79 Å². The molecule has 0 N–H and O–H groups in total. The van der Waals surface area contributed by atoms with Gasteiger partial charge in [-0.2, -0.15) is 0 Å². The van der Waals surface area contributed by atoms with E-state index in [1.807, 2.05) is 6.92 Å². The summed E-state index contributed by atoms with van der Waals surface area (Å²) in [5.41, 5.74) is 0. The van der Waals surface area contributed by atoms with E-state index in [-0.39, 0.29) is 0 Å². The van der Waals surface area contributed by atoms with E-state index in [1.54, 1.807) is 21.3 Å². The molecule has 0 radical (unpaired) electrons. The van der Waals surface area contributed by atoms with Gasteiger partial charge in [-0.15, -0.1) is 0 Å². The molecule has 0 bridgehead atoms. The van der Waals surface area contributed by atoms with Crippen LogP contribution in [0.1, 0.15) is 65.2 Å². The monoisotopic (exact) mass is 274 g/mol. The van der Waals surface area contributed by atoms with Crippen LogP contribution in [-0.2, 0) is 14.2 Å². The molecule has 0 saturated heterocycles. The van der Waals surface area contributed by atoms with Crippen molar-refractivity contribution >= 4 is 0 Å². The van der Waals surface area contributed by atoms with Gasteiger partial charge in [0, 0.05) is 33.9 Å². The predicted octanol–water partition coefficient (Wildman–Crippen LogP) is 4.40. The largest absolute Gasteiger partial charge is 0.385 e. The van der Waals surface area contributed by atoms with E-state index in [9.17, 15) is 0 Å². The van der Waals surface area contributed by atoms with Crippen LogP contribution < -0.4 is 0 Å². The molecule has 0 aromatic carbocycles. The fourth-order valence-electron chi connectivity index (χ4n) is 2.52. The molecule has 19 heavy (non-hydrogen) atoms. The fourth-order valence-corrected chi connectivity index (χ4v) is 2.52. The lowest BCUT2D eigenvalue weighted by atomic mass is 9.90. The average Bonchev–Trinajstić information content (AvgIpc) is 2.45. The molecule has 0 aliphatic rings. The topological polar surface area (TPSA) is 27.7 Å². The first-order valence-corrected chi connectivity index (χ1v) is 7.73. The van der Waals surface area contributed by atoms with Crippen molar-refractivity contribution in [3.63, 3.8) is 0 Å². The number of rotatable bonds is 13. The second-order valence-corrected chi connectivity index (χ2v) is 5.46. The molecule has 0 fully saturated rings. The van der Waals surface area contributed by atoms with Crippen LogP contribution in [0.4, 0.5) is 0 Å². The van der Waals surface area contributed by atoms with Gasteiger partial charge in [-0.25, -0.2) is 0 Å².